The average Bonchev–Trinajstić information content (AvgIpc) is 1.84. The van der Waals surface area contributed by atoms with Crippen LogP contribution >= 0.6 is 12.6 Å². The molecule has 0 saturated carbocycles. The van der Waals surface area contributed by atoms with Gasteiger partial charge >= 0.3 is 0 Å². The maximum absolute atomic E-state index is 12.7. The van der Waals surface area contributed by atoms with Crippen LogP contribution in [0, 0.1) is 12.7 Å². The Morgan fingerprint density at radius 3 is 2.60 bits per heavy atom. The lowest BCUT2D eigenvalue weighted by atomic mass is 10.2. The summed E-state index contributed by atoms with van der Waals surface area (Å²) in [6.07, 6.45) is 0. The molecule has 1 aromatic carbocycles. The van der Waals surface area contributed by atoms with Crippen LogP contribution in [0.4, 0.5) is 10.1 Å². The molecule has 0 atom stereocenters. The van der Waals surface area contributed by atoms with E-state index in [1.54, 1.807) is 13.0 Å². The van der Waals surface area contributed by atoms with E-state index in [-0.39, 0.29) is 5.82 Å². The molecule has 0 fully saturated rings. The zero-order valence-electron chi connectivity index (χ0n) is 5.56. The van der Waals surface area contributed by atoms with Crippen molar-refractivity contribution in [3.8, 4) is 0 Å². The fraction of sp³-hybridized carbons (Fsp3) is 0.143. The highest BCUT2D eigenvalue weighted by Gasteiger charge is 1.99. The molecule has 0 aliphatic rings. The van der Waals surface area contributed by atoms with Crippen molar-refractivity contribution in [1.29, 1.82) is 0 Å². The first-order chi connectivity index (χ1) is 4.61. The van der Waals surface area contributed by atoms with Crippen molar-refractivity contribution in [2.75, 3.05) is 5.73 Å². The van der Waals surface area contributed by atoms with E-state index in [0.717, 1.165) is 0 Å². The summed E-state index contributed by atoms with van der Waals surface area (Å²) in [4.78, 5) is 0.489. The Hall–Kier alpha value is -0.700. The summed E-state index contributed by atoms with van der Waals surface area (Å²) < 4.78 is 12.7. The predicted molar refractivity (Wildman–Crippen MR) is 42.8 cm³/mol. The third kappa shape index (κ3) is 1.24. The minimum Gasteiger partial charge on any atom is -0.398 e. The van der Waals surface area contributed by atoms with Crippen LogP contribution in [0.15, 0.2) is 17.0 Å². The van der Waals surface area contributed by atoms with E-state index in [1.165, 1.54) is 6.07 Å². The first-order valence-electron chi connectivity index (χ1n) is 2.86. The van der Waals surface area contributed by atoms with Crippen molar-refractivity contribution in [2.24, 2.45) is 0 Å². The Morgan fingerprint density at radius 1 is 1.50 bits per heavy atom. The summed E-state index contributed by atoms with van der Waals surface area (Å²) in [5, 5.41) is 0. The van der Waals surface area contributed by atoms with Gasteiger partial charge in [-0.2, -0.15) is 0 Å². The van der Waals surface area contributed by atoms with Gasteiger partial charge in [-0.05, 0) is 24.6 Å². The molecule has 3 heteroatoms. The summed E-state index contributed by atoms with van der Waals surface area (Å²) in [7, 11) is 0. The first kappa shape index (κ1) is 7.41. The number of thiol groups is 1. The molecule has 0 spiro atoms. The van der Waals surface area contributed by atoms with Crippen LogP contribution in [0.1, 0.15) is 5.56 Å². The molecule has 0 radical (unpaired) electrons. The standard InChI is InChI=1S/C7H8FNS/c1-4-2-6(9)7(10)3-5(4)8/h2-3,10H,9H2,1H3. The molecule has 10 heavy (non-hydrogen) atoms. The second kappa shape index (κ2) is 2.50. The number of rotatable bonds is 0. The van der Waals surface area contributed by atoms with Gasteiger partial charge in [0.15, 0.2) is 0 Å². The van der Waals surface area contributed by atoms with Crippen molar-refractivity contribution < 1.29 is 4.39 Å². The maximum atomic E-state index is 12.7. The van der Waals surface area contributed by atoms with Gasteiger partial charge in [-0.15, -0.1) is 12.6 Å². The van der Waals surface area contributed by atoms with Gasteiger partial charge in [-0.25, -0.2) is 4.39 Å². The van der Waals surface area contributed by atoms with Gasteiger partial charge < -0.3 is 5.73 Å². The molecule has 0 aliphatic carbocycles. The Bertz CT molecular complexity index is 210. The van der Waals surface area contributed by atoms with E-state index in [0.29, 0.717) is 16.1 Å². The Kier molecular flexibility index (Phi) is 1.85. The van der Waals surface area contributed by atoms with Crippen LogP contribution in [0.25, 0.3) is 0 Å². The zero-order chi connectivity index (χ0) is 7.72. The van der Waals surface area contributed by atoms with Crippen molar-refractivity contribution in [3.05, 3.63) is 23.5 Å². The Labute approximate surface area is 64.5 Å². The quantitative estimate of drug-likeness (QED) is 0.437. The lowest BCUT2D eigenvalue weighted by Crippen LogP contribution is -1.90. The van der Waals surface area contributed by atoms with Crippen LogP contribution < -0.4 is 5.73 Å². The molecule has 0 aromatic heterocycles. The van der Waals surface area contributed by atoms with Gasteiger partial charge in [0.05, 0.1) is 0 Å². The number of benzene rings is 1. The van der Waals surface area contributed by atoms with Gasteiger partial charge in [-0.3, -0.25) is 0 Å². The van der Waals surface area contributed by atoms with Crippen molar-refractivity contribution in [2.45, 2.75) is 11.8 Å². The predicted octanol–water partition coefficient (Wildman–Crippen LogP) is 2.01. The lowest BCUT2D eigenvalue weighted by Gasteiger charge is -2.00. The average molecular weight is 157 g/mol. The second-order valence-electron chi connectivity index (χ2n) is 2.16. The topological polar surface area (TPSA) is 26.0 Å². The highest BCUT2D eigenvalue weighted by molar-refractivity contribution is 7.80. The van der Waals surface area contributed by atoms with Gasteiger partial charge in [0.2, 0.25) is 0 Å². The number of nitrogens with two attached hydrogens (primary N) is 1. The van der Waals surface area contributed by atoms with Crippen LogP contribution in [0.3, 0.4) is 0 Å². The Morgan fingerprint density at radius 2 is 2.10 bits per heavy atom. The van der Waals surface area contributed by atoms with Crippen molar-refractivity contribution >= 4 is 18.3 Å². The van der Waals surface area contributed by atoms with Crippen LogP contribution in [-0.4, -0.2) is 0 Å². The molecule has 0 unspecified atom stereocenters. The van der Waals surface area contributed by atoms with Gasteiger partial charge in [0, 0.05) is 10.6 Å². The lowest BCUT2D eigenvalue weighted by molar-refractivity contribution is 0.615. The monoisotopic (exact) mass is 157 g/mol. The van der Waals surface area contributed by atoms with Gasteiger partial charge in [0.1, 0.15) is 5.82 Å². The largest absolute Gasteiger partial charge is 0.398 e. The third-order valence-electron chi connectivity index (χ3n) is 1.31. The number of anilines is 1. The number of aryl methyl sites for hydroxylation is 1. The molecule has 0 aliphatic heterocycles. The number of nitrogen functional groups attached to an aromatic ring is 1. The van der Waals surface area contributed by atoms with Crippen molar-refractivity contribution in [3.63, 3.8) is 0 Å². The van der Waals surface area contributed by atoms with Crippen LogP contribution in [0.5, 0.6) is 0 Å². The third-order valence-corrected chi connectivity index (χ3v) is 1.70. The molecular formula is C7H8FNS. The van der Waals surface area contributed by atoms with E-state index >= 15 is 0 Å². The molecular weight excluding hydrogens is 149 g/mol. The fourth-order valence-corrected chi connectivity index (χ4v) is 0.871. The zero-order valence-corrected chi connectivity index (χ0v) is 6.45. The molecule has 2 N–H and O–H groups in total. The molecule has 0 amide bonds. The molecule has 54 valence electrons. The maximum Gasteiger partial charge on any atom is 0.127 e. The number of hydrogen-bond acceptors (Lipinski definition) is 2. The molecule has 0 heterocycles. The van der Waals surface area contributed by atoms with E-state index in [9.17, 15) is 4.39 Å². The van der Waals surface area contributed by atoms with E-state index < -0.39 is 0 Å². The molecule has 1 rings (SSSR count). The minimum absolute atomic E-state index is 0.265. The van der Waals surface area contributed by atoms with Gasteiger partial charge in [0.25, 0.3) is 0 Å². The minimum atomic E-state index is -0.265. The summed E-state index contributed by atoms with van der Waals surface area (Å²) in [5.41, 5.74) is 6.51. The number of hydrogen-bond donors (Lipinski definition) is 2. The summed E-state index contributed by atoms with van der Waals surface area (Å²) in [5.74, 6) is -0.265. The summed E-state index contributed by atoms with van der Waals surface area (Å²) in [6, 6.07) is 2.88. The van der Waals surface area contributed by atoms with E-state index in [4.69, 9.17) is 5.73 Å². The smallest absolute Gasteiger partial charge is 0.127 e. The molecule has 0 bridgehead atoms. The van der Waals surface area contributed by atoms with Crippen LogP contribution in [0.2, 0.25) is 0 Å². The molecule has 1 nitrogen and oxygen atoms in total. The highest BCUT2D eigenvalue weighted by atomic mass is 32.1. The van der Waals surface area contributed by atoms with Crippen LogP contribution in [-0.2, 0) is 0 Å². The summed E-state index contributed by atoms with van der Waals surface area (Å²) >= 11 is 3.95. The fourth-order valence-electron chi connectivity index (χ4n) is 0.693. The van der Waals surface area contributed by atoms with Gasteiger partial charge in [-0.1, -0.05) is 0 Å². The summed E-state index contributed by atoms with van der Waals surface area (Å²) in [6.45, 7) is 1.67. The second-order valence-corrected chi connectivity index (χ2v) is 2.64. The van der Waals surface area contributed by atoms with E-state index in [2.05, 4.69) is 12.6 Å². The normalized spacial score (nSPS) is 9.90. The molecule has 0 saturated heterocycles. The van der Waals surface area contributed by atoms with E-state index in [1.807, 2.05) is 0 Å². The van der Waals surface area contributed by atoms with Crippen molar-refractivity contribution in [1.82, 2.24) is 0 Å². The SMILES string of the molecule is Cc1cc(N)c(S)cc1F. The molecule has 1 aromatic rings. The first-order valence-corrected chi connectivity index (χ1v) is 3.30. The highest BCUT2D eigenvalue weighted by Crippen LogP contribution is 2.19. The Balaban J connectivity index is 3.28. The number of halogens is 1.